The summed E-state index contributed by atoms with van der Waals surface area (Å²) < 4.78 is 0. The Morgan fingerprint density at radius 3 is 2.25 bits per heavy atom. The molecule has 0 saturated carbocycles. The average molecular weight is 276 g/mol. The summed E-state index contributed by atoms with van der Waals surface area (Å²) in [5.74, 6) is 0. The smallest absolute Gasteiger partial charge is 0.0922 e. The summed E-state index contributed by atoms with van der Waals surface area (Å²) in [6.07, 6.45) is 16.8. The van der Waals surface area contributed by atoms with E-state index in [1.165, 1.54) is 56.2 Å². The van der Waals surface area contributed by atoms with Crippen molar-refractivity contribution in [3.05, 3.63) is 29.9 Å². The normalized spacial score (nSPS) is 21.3. The van der Waals surface area contributed by atoms with E-state index >= 15 is 0 Å². The minimum Gasteiger partial charge on any atom is -0.348 e. The molecule has 1 N–H and O–H groups in total. The minimum absolute atomic E-state index is 0.251. The van der Waals surface area contributed by atoms with Crippen LogP contribution in [0.2, 0.25) is 0 Å². The summed E-state index contributed by atoms with van der Waals surface area (Å²) in [4.78, 5) is 7.34. The molecule has 1 aliphatic rings. The van der Waals surface area contributed by atoms with Gasteiger partial charge in [0.05, 0.1) is 6.33 Å². The van der Waals surface area contributed by atoms with Gasteiger partial charge >= 0.3 is 0 Å². The molecule has 1 aromatic heterocycles. The first-order valence-electron chi connectivity index (χ1n) is 8.35. The van der Waals surface area contributed by atoms with E-state index in [0.717, 1.165) is 6.42 Å². The van der Waals surface area contributed by atoms with E-state index in [2.05, 4.69) is 43.7 Å². The molecule has 1 aromatic rings. The maximum atomic E-state index is 4.10. The molecular weight excluding hydrogens is 244 g/mol. The van der Waals surface area contributed by atoms with Crippen molar-refractivity contribution in [1.82, 2.24) is 9.97 Å². The van der Waals surface area contributed by atoms with Crippen LogP contribution in [0.4, 0.5) is 0 Å². The van der Waals surface area contributed by atoms with Crippen LogP contribution in [0.3, 0.4) is 0 Å². The molecule has 1 heterocycles. The lowest BCUT2D eigenvalue weighted by atomic mass is 9.82. The topological polar surface area (TPSA) is 28.7 Å². The van der Waals surface area contributed by atoms with E-state index in [4.69, 9.17) is 0 Å². The van der Waals surface area contributed by atoms with Crippen LogP contribution in [0.15, 0.2) is 24.2 Å². The lowest BCUT2D eigenvalue weighted by Gasteiger charge is -2.23. The van der Waals surface area contributed by atoms with Crippen molar-refractivity contribution >= 4 is 0 Å². The number of H-pyrrole nitrogens is 1. The fraction of sp³-hybridized carbons (Fsp3) is 0.722. The molecule has 1 unspecified atom stereocenters. The summed E-state index contributed by atoms with van der Waals surface area (Å²) in [5.41, 5.74) is 3.03. The highest BCUT2D eigenvalue weighted by atomic mass is 14.9. The van der Waals surface area contributed by atoms with Gasteiger partial charge in [-0.15, -0.1) is 0 Å². The number of imidazole rings is 1. The summed E-state index contributed by atoms with van der Waals surface area (Å²) in [6, 6.07) is 0. The molecular formula is C18H32N2. The lowest BCUT2D eigenvalue weighted by molar-refractivity contribution is 0.492. The molecule has 2 rings (SSSR count). The lowest BCUT2D eigenvalue weighted by Crippen LogP contribution is -2.19. The zero-order chi connectivity index (χ0) is 14.8. The summed E-state index contributed by atoms with van der Waals surface area (Å²) in [6.45, 7) is 8.95. The molecule has 0 aliphatic heterocycles. The second kappa shape index (κ2) is 8.99. The summed E-state index contributed by atoms with van der Waals surface area (Å²) in [5, 5.41) is 0. The van der Waals surface area contributed by atoms with Crippen molar-refractivity contribution in [2.75, 3.05) is 0 Å². The first-order valence-corrected chi connectivity index (χ1v) is 8.35. The number of aromatic amines is 1. The third-order valence-corrected chi connectivity index (χ3v) is 4.36. The molecule has 0 aromatic carbocycles. The van der Waals surface area contributed by atoms with Crippen LogP contribution >= 0.6 is 0 Å². The van der Waals surface area contributed by atoms with Crippen molar-refractivity contribution in [2.24, 2.45) is 0 Å². The van der Waals surface area contributed by atoms with Crippen molar-refractivity contribution < 1.29 is 0 Å². The Hall–Kier alpha value is -1.05. The largest absolute Gasteiger partial charge is 0.348 e. The van der Waals surface area contributed by atoms with Crippen molar-refractivity contribution in [3.8, 4) is 0 Å². The van der Waals surface area contributed by atoms with E-state index in [1.54, 1.807) is 6.33 Å². The van der Waals surface area contributed by atoms with Gasteiger partial charge in [0.15, 0.2) is 0 Å². The quantitative estimate of drug-likeness (QED) is 0.518. The van der Waals surface area contributed by atoms with Crippen LogP contribution in [0, 0.1) is 0 Å². The maximum absolute atomic E-state index is 4.10. The molecule has 1 atom stereocenters. The standard InChI is InChI=1S/C11H16N2.C7H16/c1-3-11(5-4-9(2)6-11)10-7-12-8-13-10;1-3-5-7-6-4-2/h6-8H,3-5H2,1-2H3,(H,12,13);3-7H2,1-2H3. The van der Waals surface area contributed by atoms with E-state index in [1.807, 2.05) is 6.20 Å². The van der Waals surface area contributed by atoms with Crippen molar-refractivity contribution in [2.45, 2.75) is 84.5 Å². The number of nitrogens with zero attached hydrogens (tertiary/aromatic N) is 1. The fourth-order valence-electron chi connectivity index (χ4n) is 2.92. The van der Waals surface area contributed by atoms with Crippen LogP contribution < -0.4 is 0 Å². The summed E-state index contributed by atoms with van der Waals surface area (Å²) in [7, 11) is 0. The van der Waals surface area contributed by atoms with Crippen LogP contribution in [-0.4, -0.2) is 9.97 Å². The second-order valence-electron chi connectivity index (χ2n) is 6.03. The van der Waals surface area contributed by atoms with Gasteiger partial charge in [-0.25, -0.2) is 4.98 Å². The van der Waals surface area contributed by atoms with Gasteiger partial charge in [0.2, 0.25) is 0 Å². The Morgan fingerprint density at radius 2 is 1.85 bits per heavy atom. The molecule has 2 nitrogen and oxygen atoms in total. The number of hydrogen-bond acceptors (Lipinski definition) is 1. The number of allylic oxidation sites excluding steroid dienone is 2. The molecule has 0 fully saturated rings. The number of nitrogens with one attached hydrogen (secondary N) is 1. The number of unbranched alkanes of at least 4 members (excludes halogenated alkanes) is 4. The Kier molecular flexibility index (Phi) is 7.64. The monoisotopic (exact) mass is 276 g/mol. The third-order valence-electron chi connectivity index (χ3n) is 4.36. The Balaban J connectivity index is 0.000000246. The molecule has 0 bridgehead atoms. The zero-order valence-corrected chi connectivity index (χ0v) is 13.8. The average Bonchev–Trinajstić information content (AvgIpc) is 3.10. The predicted octanol–water partition coefficient (Wildman–Crippen LogP) is 5.77. The molecule has 1 aliphatic carbocycles. The van der Waals surface area contributed by atoms with Crippen molar-refractivity contribution in [1.29, 1.82) is 0 Å². The Morgan fingerprint density at radius 1 is 1.15 bits per heavy atom. The molecule has 0 saturated heterocycles. The maximum Gasteiger partial charge on any atom is 0.0922 e. The number of rotatable bonds is 6. The highest BCUT2D eigenvalue weighted by molar-refractivity contribution is 5.29. The predicted molar refractivity (Wildman–Crippen MR) is 88.0 cm³/mol. The first-order chi connectivity index (χ1) is 9.68. The highest BCUT2D eigenvalue weighted by Crippen LogP contribution is 2.40. The fourth-order valence-corrected chi connectivity index (χ4v) is 2.92. The molecule has 0 radical (unpaired) electrons. The van der Waals surface area contributed by atoms with Gasteiger partial charge in [-0.1, -0.05) is 64.5 Å². The van der Waals surface area contributed by atoms with Crippen LogP contribution in [0.1, 0.15) is 84.8 Å². The molecule has 0 spiro atoms. The van der Waals surface area contributed by atoms with Gasteiger partial charge in [-0.05, 0) is 26.2 Å². The van der Waals surface area contributed by atoms with Crippen LogP contribution in [-0.2, 0) is 5.41 Å². The van der Waals surface area contributed by atoms with E-state index < -0.39 is 0 Å². The van der Waals surface area contributed by atoms with Gasteiger partial charge in [0, 0.05) is 17.3 Å². The first kappa shape index (κ1) is 17.0. The Labute approximate surface area is 125 Å². The molecule has 114 valence electrons. The molecule has 20 heavy (non-hydrogen) atoms. The van der Waals surface area contributed by atoms with Crippen LogP contribution in [0.5, 0.6) is 0 Å². The van der Waals surface area contributed by atoms with Crippen molar-refractivity contribution in [3.63, 3.8) is 0 Å². The zero-order valence-electron chi connectivity index (χ0n) is 13.8. The van der Waals surface area contributed by atoms with E-state index in [0.29, 0.717) is 0 Å². The second-order valence-corrected chi connectivity index (χ2v) is 6.03. The summed E-state index contributed by atoms with van der Waals surface area (Å²) >= 11 is 0. The van der Waals surface area contributed by atoms with Gasteiger partial charge in [0.1, 0.15) is 0 Å². The third kappa shape index (κ3) is 4.81. The Bertz CT molecular complexity index is 374. The number of hydrogen-bond donors (Lipinski definition) is 1. The molecule has 2 heteroatoms. The molecule has 0 amide bonds. The van der Waals surface area contributed by atoms with Gasteiger partial charge in [-0.2, -0.15) is 0 Å². The highest BCUT2D eigenvalue weighted by Gasteiger charge is 2.32. The van der Waals surface area contributed by atoms with Gasteiger partial charge in [-0.3, -0.25) is 0 Å². The van der Waals surface area contributed by atoms with Gasteiger partial charge < -0.3 is 4.98 Å². The number of aromatic nitrogens is 2. The van der Waals surface area contributed by atoms with Crippen LogP contribution in [0.25, 0.3) is 0 Å². The SMILES string of the molecule is CCC1(c2cnc[nH]2)C=C(C)CC1.CCCCCCC. The van der Waals surface area contributed by atoms with Gasteiger partial charge in [0.25, 0.3) is 0 Å². The minimum atomic E-state index is 0.251. The van der Waals surface area contributed by atoms with E-state index in [9.17, 15) is 0 Å². The van der Waals surface area contributed by atoms with E-state index in [-0.39, 0.29) is 5.41 Å².